The van der Waals surface area contributed by atoms with Gasteiger partial charge in [-0.05, 0) is 60.4 Å². The third kappa shape index (κ3) is 13.7. The molecule has 0 saturated heterocycles. The van der Waals surface area contributed by atoms with Gasteiger partial charge >= 0.3 is 0 Å². The molecule has 0 amide bonds. The zero-order valence-corrected chi connectivity index (χ0v) is 29.6. The Morgan fingerprint density at radius 3 is 1.21 bits per heavy atom. The van der Waals surface area contributed by atoms with E-state index in [9.17, 15) is 20.1 Å². The predicted molar refractivity (Wildman–Crippen MR) is 190 cm³/mol. The average molecular weight is 657 g/mol. The van der Waals surface area contributed by atoms with E-state index >= 15 is 0 Å². The number of nitriles is 2. The monoisotopic (exact) mass is 656 g/mol. The molecule has 0 N–H and O–H groups in total. The van der Waals surface area contributed by atoms with E-state index in [1.807, 2.05) is 36.4 Å². The maximum Gasteiger partial charge on any atom is 0.175 e. The van der Waals surface area contributed by atoms with Gasteiger partial charge in [-0.15, -0.1) is 0 Å². The maximum atomic E-state index is 12.2. The van der Waals surface area contributed by atoms with E-state index in [1.54, 1.807) is 66.2 Å². The van der Waals surface area contributed by atoms with Crippen LogP contribution >= 0.6 is 0 Å². The number of carbonyl (C=O) groups excluding carboxylic acids is 2. The van der Waals surface area contributed by atoms with Gasteiger partial charge in [0.15, 0.2) is 34.6 Å². The Hall–Kier alpha value is -4.56. The molecule has 0 bridgehead atoms. The van der Waals surface area contributed by atoms with Crippen molar-refractivity contribution in [2.45, 2.75) is 91.9 Å². The summed E-state index contributed by atoms with van der Waals surface area (Å²) in [5.41, 5.74) is 1.72. The predicted octanol–water partition coefficient (Wildman–Crippen LogP) is 9.33. The highest BCUT2D eigenvalue weighted by molar-refractivity contribution is 6.04. The molecule has 2 aromatic carbocycles. The Kier molecular flexibility index (Phi) is 18.2. The van der Waals surface area contributed by atoms with Crippen LogP contribution in [-0.4, -0.2) is 39.0 Å². The Morgan fingerprint density at radius 1 is 0.583 bits per heavy atom. The zero-order valence-electron chi connectivity index (χ0n) is 29.6. The van der Waals surface area contributed by atoms with E-state index in [1.165, 1.54) is 38.5 Å². The maximum absolute atomic E-state index is 12.2. The molecule has 0 spiro atoms. The van der Waals surface area contributed by atoms with Gasteiger partial charge in [0.2, 0.25) is 0 Å². The van der Waals surface area contributed by atoms with Gasteiger partial charge in [-0.1, -0.05) is 91.2 Å². The number of rotatable bonds is 23. The molecular weight excluding hydrogens is 604 g/mol. The highest BCUT2D eigenvalue weighted by Crippen LogP contribution is 2.31. The minimum atomic E-state index is -0.236. The molecule has 0 saturated carbocycles. The Bertz CT molecular complexity index is 1360. The summed E-state index contributed by atoms with van der Waals surface area (Å²) in [7, 11) is 3.16. The van der Waals surface area contributed by atoms with Gasteiger partial charge in [0.25, 0.3) is 0 Å². The number of nitrogens with zero attached hydrogens (tertiary/aromatic N) is 2. The summed E-state index contributed by atoms with van der Waals surface area (Å²) < 4.78 is 22.9. The second kappa shape index (κ2) is 22.1. The Morgan fingerprint density at radius 2 is 0.917 bits per heavy atom. The first-order valence-corrected chi connectivity index (χ1v) is 17.1. The lowest BCUT2D eigenvalue weighted by atomic mass is 10.00. The first kappa shape index (κ1) is 39.6. The fourth-order valence-electron chi connectivity index (χ4n) is 5.04. The summed E-state index contributed by atoms with van der Waals surface area (Å²) in [6.45, 7) is 8.33. The molecule has 0 atom stereocenters. The number of unbranched alkanes of at least 4 members (excludes halogenated alkanes) is 9. The number of ketones is 2. The largest absolute Gasteiger partial charge is 0.493 e. The normalized spacial score (nSPS) is 11.6. The zero-order chi connectivity index (χ0) is 35.3. The van der Waals surface area contributed by atoms with E-state index in [0.717, 1.165) is 36.8 Å². The van der Waals surface area contributed by atoms with E-state index in [0.29, 0.717) is 36.2 Å². The lowest BCUT2D eigenvalue weighted by molar-refractivity contribution is -0.118. The van der Waals surface area contributed by atoms with Crippen LogP contribution in [0.15, 0.2) is 47.5 Å². The van der Waals surface area contributed by atoms with Gasteiger partial charge in [0.1, 0.15) is 12.1 Å². The first-order valence-electron chi connectivity index (χ1n) is 17.1. The molecule has 0 radical (unpaired) electrons. The molecule has 0 unspecified atom stereocenters. The number of hydrogen-bond acceptors (Lipinski definition) is 8. The van der Waals surface area contributed by atoms with E-state index < -0.39 is 0 Å². The van der Waals surface area contributed by atoms with E-state index in [-0.39, 0.29) is 34.5 Å². The standard InChI is InChI=1S/C40H52N2O6/c1-29(2)39(43)33(27-41)23-31-17-19-35(37(25-31)45-5)47-21-15-13-11-9-7-8-10-12-14-16-22-48-36-20-18-32(26-38(36)46-6)24-34(28-42)40(44)30(3)4/h17-20,23-26,29-30H,7-16,21-22H2,1-6H3. The van der Waals surface area contributed by atoms with Gasteiger partial charge in [-0.25, -0.2) is 0 Å². The van der Waals surface area contributed by atoms with Crippen LogP contribution in [-0.2, 0) is 9.59 Å². The van der Waals surface area contributed by atoms with Crippen molar-refractivity contribution in [3.8, 4) is 35.1 Å². The summed E-state index contributed by atoms with van der Waals surface area (Å²) in [4.78, 5) is 24.4. The molecule has 0 heterocycles. The lowest BCUT2D eigenvalue weighted by Gasteiger charge is -2.12. The summed E-state index contributed by atoms with van der Waals surface area (Å²) in [6, 6.07) is 14.9. The van der Waals surface area contributed by atoms with Gasteiger partial charge in [-0.3, -0.25) is 9.59 Å². The highest BCUT2D eigenvalue weighted by atomic mass is 16.5. The molecule has 48 heavy (non-hydrogen) atoms. The minimum absolute atomic E-state index is 0.135. The van der Waals surface area contributed by atoms with Crippen molar-refractivity contribution in [2.75, 3.05) is 27.4 Å². The van der Waals surface area contributed by atoms with Crippen molar-refractivity contribution >= 4 is 23.7 Å². The van der Waals surface area contributed by atoms with Crippen LogP contribution in [0.3, 0.4) is 0 Å². The average Bonchev–Trinajstić information content (AvgIpc) is 3.09. The van der Waals surface area contributed by atoms with E-state index in [4.69, 9.17) is 18.9 Å². The van der Waals surface area contributed by atoms with Gasteiger partial charge in [0.05, 0.1) is 38.6 Å². The number of ether oxygens (including phenoxy) is 4. The van der Waals surface area contributed by atoms with Crippen LogP contribution in [0.2, 0.25) is 0 Å². The van der Waals surface area contributed by atoms with Gasteiger partial charge in [-0.2, -0.15) is 10.5 Å². The third-order valence-electron chi connectivity index (χ3n) is 7.87. The quantitative estimate of drug-likeness (QED) is 0.0659. The molecule has 258 valence electrons. The highest BCUT2D eigenvalue weighted by Gasteiger charge is 2.15. The lowest BCUT2D eigenvalue weighted by Crippen LogP contribution is -2.08. The number of carbonyl (C=O) groups is 2. The van der Waals surface area contributed by atoms with Crippen molar-refractivity contribution in [1.29, 1.82) is 10.5 Å². The summed E-state index contributed by atoms with van der Waals surface area (Å²) >= 11 is 0. The fraction of sp³-hybridized carbons (Fsp3) is 0.500. The molecule has 2 rings (SSSR count). The molecule has 0 aromatic heterocycles. The number of methoxy groups -OCH3 is 2. The Labute approximate surface area is 287 Å². The van der Waals surface area contributed by atoms with Crippen molar-refractivity contribution in [1.82, 2.24) is 0 Å². The number of allylic oxidation sites excluding steroid dienone is 2. The fourth-order valence-corrected chi connectivity index (χ4v) is 5.04. The number of hydrogen-bond donors (Lipinski definition) is 0. The van der Waals surface area contributed by atoms with Gasteiger partial charge < -0.3 is 18.9 Å². The van der Waals surface area contributed by atoms with E-state index in [2.05, 4.69) is 0 Å². The van der Waals surface area contributed by atoms with Crippen LogP contribution in [0.25, 0.3) is 12.2 Å². The molecule has 2 aromatic rings. The number of benzene rings is 2. The van der Waals surface area contributed by atoms with Crippen molar-refractivity contribution < 1.29 is 28.5 Å². The molecule has 8 nitrogen and oxygen atoms in total. The van der Waals surface area contributed by atoms with Gasteiger partial charge in [0, 0.05) is 11.8 Å². The molecular formula is C40H52N2O6. The molecule has 8 heteroatoms. The van der Waals surface area contributed by atoms with Crippen LogP contribution in [0.4, 0.5) is 0 Å². The van der Waals surface area contributed by atoms with Crippen molar-refractivity contribution in [3.05, 3.63) is 58.7 Å². The molecule has 0 fully saturated rings. The van der Waals surface area contributed by atoms with Crippen LogP contribution in [0, 0.1) is 34.5 Å². The minimum Gasteiger partial charge on any atom is -0.493 e. The topological polar surface area (TPSA) is 119 Å². The molecule has 0 aliphatic rings. The Balaban J connectivity index is 1.59. The SMILES string of the molecule is COc1cc(C=C(C#N)C(=O)C(C)C)ccc1OCCCCCCCCCCCCOc1ccc(C=C(C#N)C(=O)C(C)C)cc1OC. The molecule has 0 aliphatic carbocycles. The summed E-state index contributed by atoms with van der Waals surface area (Å²) in [6.07, 6.45) is 14.6. The third-order valence-corrected chi connectivity index (χ3v) is 7.87. The first-order chi connectivity index (χ1) is 23.1. The molecule has 0 aliphatic heterocycles. The van der Waals surface area contributed by atoms with Crippen LogP contribution in [0.1, 0.15) is 103 Å². The number of Topliss-reactive ketones (excluding diaryl/α,β-unsaturated/α-hetero) is 2. The van der Waals surface area contributed by atoms with Crippen LogP contribution in [0.5, 0.6) is 23.0 Å². The summed E-state index contributed by atoms with van der Waals surface area (Å²) in [5.74, 6) is 1.65. The second-order valence-electron chi connectivity index (χ2n) is 12.4. The smallest absolute Gasteiger partial charge is 0.175 e. The summed E-state index contributed by atoms with van der Waals surface area (Å²) in [5, 5.41) is 18.7. The second-order valence-corrected chi connectivity index (χ2v) is 12.4. The van der Waals surface area contributed by atoms with Crippen molar-refractivity contribution in [3.63, 3.8) is 0 Å². The van der Waals surface area contributed by atoms with Crippen molar-refractivity contribution in [2.24, 2.45) is 11.8 Å². The van der Waals surface area contributed by atoms with Crippen LogP contribution < -0.4 is 18.9 Å².